The predicted molar refractivity (Wildman–Crippen MR) is 60.0 cm³/mol. The molecule has 8 nitrogen and oxygen atoms in total. The van der Waals surface area contributed by atoms with E-state index in [1.807, 2.05) is 0 Å². The highest BCUT2D eigenvalue weighted by molar-refractivity contribution is 5.82. The van der Waals surface area contributed by atoms with Crippen molar-refractivity contribution in [2.75, 3.05) is 26.3 Å². The second-order valence-electron chi connectivity index (χ2n) is 4.18. The van der Waals surface area contributed by atoms with Gasteiger partial charge in [0.2, 0.25) is 0 Å². The Morgan fingerprint density at radius 3 is 2.61 bits per heavy atom. The van der Waals surface area contributed by atoms with Crippen LogP contribution in [0.5, 0.6) is 0 Å². The van der Waals surface area contributed by atoms with Crippen LogP contribution in [0.15, 0.2) is 0 Å². The Morgan fingerprint density at radius 2 is 2.11 bits per heavy atom. The normalized spacial score (nSPS) is 25.6. The van der Waals surface area contributed by atoms with Crippen LogP contribution < -0.4 is 5.32 Å². The maximum absolute atomic E-state index is 11.8. The number of carboxylic acid groups (broad SMARTS) is 1. The zero-order valence-electron chi connectivity index (χ0n) is 10.1. The second-order valence-corrected chi connectivity index (χ2v) is 4.18. The number of nitrogens with one attached hydrogen (secondary N) is 1. The number of urea groups is 1. The first kappa shape index (κ1) is 14.7. The molecule has 1 heterocycles. The summed E-state index contributed by atoms with van der Waals surface area (Å²) in [4.78, 5) is 23.8. The average Bonchev–Trinajstić information content (AvgIpc) is 2.34. The number of ether oxygens (including phenoxy) is 1. The number of amides is 2. The van der Waals surface area contributed by atoms with Crippen molar-refractivity contribution in [2.45, 2.75) is 25.2 Å². The average molecular weight is 262 g/mol. The van der Waals surface area contributed by atoms with Gasteiger partial charge in [-0.25, -0.2) is 9.59 Å². The lowest BCUT2D eigenvalue weighted by atomic mass is 10.2. The van der Waals surface area contributed by atoms with Crippen LogP contribution >= 0.6 is 0 Å². The van der Waals surface area contributed by atoms with Gasteiger partial charge in [-0.1, -0.05) is 0 Å². The van der Waals surface area contributed by atoms with Crippen molar-refractivity contribution in [3.05, 3.63) is 0 Å². The predicted octanol–water partition coefficient (Wildman–Crippen LogP) is -1.78. The van der Waals surface area contributed by atoms with Crippen molar-refractivity contribution >= 4 is 12.0 Å². The summed E-state index contributed by atoms with van der Waals surface area (Å²) in [5, 5.41) is 28.7. The highest BCUT2D eigenvalue weighted by atomic mass is 16.5. The quantitative estimate of drug-likeness (QED) is 0.475. The van der Waals surface area contributed by atoms with Crippen LogP contribution in [0, 0.1) is 0 Å². The Balaban J connectivity index is 2.57. The molecule has 0 spiro atoms. The fourth-order valence-electron chi connectivity index (χ4n) is 1.74. The van der Waals surface area contributed by atoms with E-state index in [-0.39, 0.29) is 19.3 Å². The zero-order chi connectivity index (χ0) is 13.7. The second kappa shape index (κ2) is 6.53. The number of carboxylic acids is 1. The highest BCUT2D eigenvalue weighted by Gasteiger charge is 2.30. The summed E-state index contributed by atoms with van der Waals surface area (Å²) in [6.07, 6.45) is -0.712. The molecule has 0 aromatic heterocycles. The smallest absolute Gasteiger partial charge is 0.328 e. The largest absolute Gasteiger partial charge is 0.480 e. The summed E-state index contributed by atoms with van der Waals surface area (Å²) < 4.78 is 5.36. The maximum atomic E-state index is 11.8. The van der Waals surface area contributed by atoms with E-state index >= 15 is 0 Å². The van der Waals surface area contributed by atoms with E-state index in [0.717, 1.165) is 0 Å². The zero-order valence-corrected chi connectivity index (χ0v) is 10.1. The summed E-state index contributed by atoms with van der Waals surface area (Å²) in [7, 11) is 0. The van der Waals surface area contributed by atoms with Crippen molar-refractivity contribution in [3.63, 3.8) is 0 Å². The van der Waals surface area contributed by atoms with Gasteiger partial charge in [-0.05, 0) is 6.92 Å². The lowest BCUT2D eigenvalue weighted by Gasteiger charge is -2.36. The molecule has 104 valence electrons. The molecular weight excluding hydrogens is 244 g/mol. The standard InChI is InChI=1S/C10H18N2O6/c1-6-2-12(3-7(4-13)18-6)10(17)11-8(5-14)9(15)16/h6-8,13-14H,2-5H2,1H3,(H,11,17)(H,15,16). The molecule has 8 heteroatoms. The topological polar surface area (TPSA) is 119 Å². The molecule has 0 radical (unpaired) electrons. The minimum atomic E-state index is -1.33. The lowest BCUT2D eigenvalue weighted by Crippen LogP contribution is -2.56. The summed E-state index contributed by atoms with van der Waals surface area (Å²) in [5.41, 5.74) is 0. The van der Waals surface area contributed by atoms with Crippen molar-refractivity contribution in [3.8, 4) is 0 Å². The number of carbonyl (C=O) groups is 2. The van der Waals surface area contributed by atoms with Gasteiger partial charge >= 0.3 is 12.0 Å². The molecule has 4 N–H and O–H groups in total. The molecule has 3 unspecified atom stereocenters. The summed E-state index contributed by atoms with van der Waals surface area (Å²) >= 11 is 0. The van der Waals surface area contributed by atoms with Crippen LogP contribution in [-0.4, -0.2) is 76.8 Å². The highest BCUT2D eigenvalue weighted by Crippen LogP contribution is 2.10. The Hall–Kier alpha value is -1.38. The molecule has 1 aliphatic heterocycles. The lowest BCUT2D eigenvalue weighted by molar-refractivity contribution is -0.140. The molecule has 0 aromatic carbocycles. The van der Waals surface area contributed by atoms with Crippen LogP contribution in [0.3, 0.4) is 0 Å². The Bertz CT molecular complexity index is 311. The minimum Gasteiger partial charge on any atom is -0.480 e. The molecule has 1 rings (SSSR count). The first-order chi connectivity index (χ1) is 8.47. The third kappa shape index (κ3) is 3.83. The number of hydrogen-bond acceptors (Lipinski definition) is 5. The van der Waals surface area contributed by atoms with E-state index in [0.29, 0.717) is 6.54 Å². The van der Waals surface area contributed by atoms with E-state index in [2.05, 4.69) is 5.32 Å². The van der Waals surface area contributed by atoms with E-state index in [4.69, 9.17) is 20.1 Å². The first-order valence-corrected chi connectivity index (χ1v) is 5.63. The Morgan fingerprint density at radius 1 is 1.44 bits per heavy atom. The van der Waals surface area contributed by atoms with Crippen molar-refractivity contribution in [1.82, 2.24) is 10.2 Å². The van der Waals surface area contributed by atoms with Gasteiger partial charge in [0, 0.05) is 6.54 Å². The van der Waals surface area contributed by atoms with Crippen molar-refractivity contribution in [2.24, 2.45) is 0 Å². The number of hydrogen-bond donors (Lipinski definition) is 4. The summed E-state index contributed by atoms with van der Waals surface area (Å²) in [6.45, 7) is 1.36. The maximum Gasteiger partial charge on any atom is 0.328 e. The monoisotopic (exact) mass is 262 g/mol. The van der Waals surface area contributed by atoms with Gasteiger partial charge in [-0.2, -0.15) is 0 Å². The van der Waals surface area contributed by atoms with E-state index < -0.39 is 30.8 Å². The number of morpholine rings is 1. The fourth-order valence-corrected chi connectivity index (χ4v) is 1.74. The molecule has 1 aliphatic rings. The fraction of sp³-hybridized carbons (Fsp3) is 0.800. The van der Waals surface area contributed by atoms with Crippen molar-refractivity contribution in [1.29, 1.82) is 0 Å². The molecular formula is C10H18N2O6. The van der Waals surface area contributed by atoms with E-state index in [1.54, 1.807) is 6.92 Å². The van der Waals surface area contributed by atoms with Gasteiger partial charge in [-0.3, -0.25) is 0 Å². The van der Waals surface area contributed by atoms with Crippen LogP contribution in [-0.2, 0) is 9.53 Å². The number of carbonyl (C=O) groups excluding carboxylic acids is 1. The van der Waals surface area contributed by atoms with Gasteiger partial charge in [0.1, 0.15) is 0 Å². The number of aliphatic carboxylic acids is 1. The summed E-state index contributed by atoms with van der Waals surface area (Å²) in [5.74, 6) is -1.30. The number of rotatable bonds is 4. The molecule has 0 bridgehead atoms. The Kier molecular flexibility index (Phi) is 5.32. The molecule has 0 aromatic rings. The van der Waals surface area contributed by atoms with Crippen LogP contribution in [0.1, 0.15) is 6.92 Å². The number of nitrogens with zero attached hydrogens (tertiary/aromatic N) is 1. The third-order valence-corrected chi connectivity index (χ3v) is 2.60. The van der Waals surface area contributed by atoms with Crippen LogP contribution in [0.2, 0.25) is 0 Å². The Labute approximate surface area is 104 Å². The van der Waals surface area contributed by atoms with Gasteiger partial charge in [0.25, 0.3) is 0 Å². The molecule has 2 amide bonds. The molecule has 1 fully saturated rings. The number of aliphatic hydroxyl groups is 2. The van der Waals surface area contributed by atoms with Gasteiger partial charge in [0.05, 0.1) is 32.0 Å². The molecule has 0 aliphatic carbocycles. The third-order valence-electron chi connectivity index (χ3n) is 2.60. The molecule has 1 saturated heterocycles. The van der Waals surface area contributed by atoms with E-state index in [1.165, 1.54) is 4.90 Å². The van der Waals surface area contributed by atoms with Crippen LogP contribution in [0.4, 0.5) is 4.79 Å². The molecule has 18 heavy (non-hydrogen) atoms. The van der Waals surface area contributed by atoms with Crippen molar-refractivity contribution < 1.29 is 29.6 Å². The SMILES string of the molecule is CC1CN(C(=O)NC(CO)C(=O)O)CC(CO)O1. The number of aliphatic hydroxyl groups excluding tert-OH is 2. The first-order valence-electron chi connectivity index (χ1n) is 5.63. The molecule has 3 atom stereocenters. The van der Waals surface area contributed by atoms with Gasteiger partial charge in [-0.15, -0.1) is 0 Å². The van der Waals surface area contributed by atoms with Gasteiger partial charge in [0.15, 0.2) is 6.04 Å². The van der Waals surface area contributed by atoms with Crippen LogP contribution in [0.25, 0.3) is 0 Å². The molecule has 0 saturated carbocycles. The van der Waals surface area contributed by atoms with E-state index in [9.17, 15) is 9.59 Å². The summed E-state index contributed by atoms with van der Waals surface area (Å²) in [6, 6.07) is -1.92. The van der Waals surface area contributed by atoms with Gasteiger partial charge < -0.3 is 30.3 Å². The minimum absolute atomic E-state index is 0.185.